The van der Waals surface area contributed by atoms with Crippen molar-refractivity contribution < 1.29 is 9.47 Å². The average molecular weight is 274 g/mol. The van der Waals surface area contributed by atoms with Crippen LogP contribution >= 0.6 is 0 Å². The summed E-state index contributed by atoms with van der Waals surface area (Å²) in [5.74, 6) is 4.36. The van der Waals surface area contributed by atoms with E-state index in [0.717, 1.165) is 50.5 Å². The van der Waals surface area contributed by atoms with Gasteiger partial charge >= 0.3 is 0 Å². The molecular formula is C16H22N2O2. The molecule has 0 bridgehead atoms. The van der Waals surface area contributed by atoms with Gasteiger partial charge in [0.15, 0.2) is 11.6 Å². The molecule has 20 heavy (non-hydrogen) atoms. The number of hydrogen-bond donors (Lipinski definition) is 0. The highest BCUT2D eigenvalue weighted by molar-refractivity contribution is 5.52. The number of unbranched alkanes of at least 4 members (excludes halogenated alkanes) is 1. The smallest absolute Gasteiger partial charge is 0.171 e. The molecule has 0 saturated carbocycles. The van der Waals surface area contributed by atoms with Crippen molar-refractivity contribution in [3.8, 4) is 18.1 Å². The molecule has 1 aliphatic heterocycles. The molecule has 2 rings (SSSR count). The molecule has 0 amide bonds. The van der Waals surface area contributed by atoms with E-state index in [2.05, 4.69) is 22.7 Å². The van der Waals surface area contributed by atoms with E-state index in [1.165, 1.54) is 0 Å². The van der Waals surface area contributed by atoms with Gasteiger partial charge in [0.2, 0.25) is 0 Å². The quantitative estimate of drug-likeness (QED) is 0.610. The van der Waals surface area contributed by atoms with Crippen LogP contribution in [-0.2, 0) is 4.74 Å². The third kappa shape index (κ3) is 4.14. The van der Waals surface area contributed by atoms with Crippen LogP contribution in [0.1, 0.15) is 26.2 Å². The molecule has 1 fully saturated rings. The number of anilines is 1. The maximum Gasteiger partial charge on any atom is 0.171 e. The highest BCUT2D eigenvalue weighted by Crippen LogP contribution is 2.27. The molecule has 1 saturated heterocycles. The number of nitrogens with zero attached hydrogens (tertiary/aromatic N) is 2. The monoisotopic (exact) mass is 274 g/mol. The van der Waals surface area contributed by atoms with Crippen LogP contribution in [0.15, 0.2) is 18.3 Å². The first kappa shape index (κ1) is 14.7. The van der Waals surface area contributed by atoms with Gasteiger partial charge in [0, 0.05) is 32.3 Å². The van der Waals surface area contributed by atoms with Crippen LogP contribution in [-0.4, -0.2) is 37.4 Å². The molecule has 0 aliphatic carbocycles. The maximum atomic E-state index is 5.83. The topological polar surface area (TPSA) is 34.6 Å². The van der Waals surface area contributed by atoms with Crippen LogP contribution < -0.4 is 9.64 Å². The maximum absolute atomic E-state index is 5.83. The summed E-state index contributed by atoms with van der Waals surface area (Å²) in [5.41, 5.74) is 0. The van der Waals surface area contributed by atoms with Gasteiger partial charge in [0.05, 0.1) is 12.7 Å². The lowest BCUT2D eigenvalue weighted by molar-refractivity contribution is 0.0820. The Morgan fingerprint density at radius 2 is 2.50 bits per heavy atom. The van der Waals surface area contributed by atoms with E-state index in [1.807, 2.05) is 12.1 Å². The van der Waals surface area contributed by atoms with Gasteiger partial charge in [-0.25, -0.2) is 4.98 Å². The third-order valence-electron chi connectivity index (χ3n) is 3.23. The lowest BCUT2D eigenvalue weighted by Crippen LogP contribution is -2.31. The van der Waals surface area contributed by atoms with Crippen molar-refractivity contribution in [3.63, 3.8) is 0 Å². The summed E-state index contributed by atoms with van der Waals surface area (Å²) in [6.07, 6.45) is 9.89. The standard InChI is InChI=1S/C16H22N2O2/c1-3-4-5-11-20-15-8-6-9-17-16(15)18-10-7-12-19-14(2)13-18/h1,6,8-9,14H,4-5,7,10-13H2,2H3. The molecule has 1 atom stereocenters. The summed E-state index contributed by atoms with van der Waals surface area (Å²) in [4.78, 5) is 6.73. The SMILES string of the molecule is C#CCCCOc1cccnc1N1CCCOC(C)C1. The zero-order valence-corrected chi connectivity index (χ0v) is 12.0. The van der Waals surface area contributed by atoms with Crippen LogP contribution in [0.4, 0.5) is 5.82 Å². The van der Waals surface area contributed by atoms with Gasteiger partial charge in [-0.1, -0.05) is 0 Å². The Balaban J connectivity index is 2.04. The zero-order valence-electron chi connectivity index (χ0n) is 12.0. The fourth-order valence-corrected chi connectivity index (χ4v) is 2.28. The van der Waals surface area contributed by atoms with E-state index in [1.54, 1.807) is 6.20 Å². The second-order valence-corrected chi connectivity index (χ2v) is 4.96. The molecule has 1 aromatic heterocycles. The molecule has 4 nitrogen and oxygen atoms in total. The minimum atomic E-state index is 0.216. The van der Waals surface area contributed by atoms with E-state index in [4.69, 9.17) is 15.9 Å². The van der Waals surface area contributed by atoms with E-state index >= 15 is 0 Å². The predicted molar refractivity (Wildman–Crippen MR) is 80.0 cm³/mol. The van der Waals surface area contributed by atoms with Crippen molar-refractivity contribution in [2.75, 3.05) is 31.2 Å². The Morgan fingerprint density at radius 1 is 1.60 bits per heavy atom. The van der Waals surface area contributed by atoms with Gasteiger partial charge in [-0.2, -0.15) is 0 Å². The fraction of sp³-hybridized carbons (Fsp3) is 0.562. The minimum absolute atomic E-state index is 0.216. The molecule has 2 heterocycles. The molecule has 108 valence electrons. The molecule has 0 N–H and O–H groups in total. The summed E-state index contributed by atoms with van der Waals surface area (Å²) in [6.45, 7) is 5.32. The molecule has 0 spiro atoms. The summed E-state index contributed by atoms with van der Waals surface area (Å²) in [5, 5.41) is 0. The predicted octanol–water partition coefficient (Wildman–Crippen LogP) is 2.49. The minimum Gasteiger partial charge on any atom is -0.490 e. The molecular weight excluding hydrogens is 252 g/mol. The summed E-state index contributed by atoms with van der Waals surface area (Å²) in [7, 11) is 0. The van der Waals surface area contributed by atoms with E-state index in [9.17, 15) is 0 Å². The number of ether oxygens (including phenoxy) is 2. The van der Waals surface area contributed by atoms with E-state index in [0.29, 0.717) is 6.61 Å². The lowest BCUT2D eigenvalue weighted by Gasteiger charge is -2.25. The second kappa shape index (κ2) is 7.76. The Kier molecular flexibility index (Phi) is 5.69. The Bertz CT molecular complexity index is 456. The molecule has 0 aromatic carbocycles. The van der Waals surface area contributed by atoms with Crippen LogP contribution in [0.3, 0.4) is 0 Å². The van der Waals surface area contributed by atoms with Crippen LogP contribution in [0.25, 0.3) is 0 Å². The molecule has 1 unspecified atom stereocenters. The second-order valence-electron chi connectivity index (χ2n) is 4.96. The highest BCUT2D eigenvalue weighted by atomic mass is 16.5. The fourth-order valence-electron chi connectivity index (χ4n) is 2.28. The van der Waals surface area contributed by atoms with Gasteiger partial charge in [-0.05, 0) is 31.9 Å². The summed E-state index contributed by atoms with van der Waals surface area (Å²) < 4.78 is 11.5. The first-order valence-corrected chi connectivity index (χ1v) is 7.19. The zero-order chi connectivity index (χ0) is 14.2. The van der Waals surface area contributed by atoms with E-state index in [-0.39, 0.29) is 6.10 Å². The van der Waals surface area contributed by atoms with Gasteiger partial charge in [-0.3, -0.25) is 0 Å². The van der Waals surface area contributed by atoms with Gasteiger partial charge in [0.1, 0.15) is 0 Å². The molecule has 4 heteroatoms. The van der Waals surface area contributed by atoms with Crippen molar-refractivity contribution >= 4 is 5.82 Å². The van der Waals surface area contributed by atoms with Crippen LogP contribution in [0.5, 0.6) is 5.75 Å². The lowest BCUT2D eigenvalue weighted by atomic mass is 10.3. The Labute approximate surface area is 121 Å². The Morgan fingerprint density at radius 3 is 3.35 bits per heavy atom. The van der Waals surface area contributed by atoms with Crippen molar-refractivity contribution in [2.24, 2.45) is 0 Å². The third-order valence-corrected chi connectivity index (χ3v) is 3.23. The van der Waals surface area contributed by atoms with Crippen LogP contribution in [0, 0.1) is 12.3 Å². The normalized spacial score (nSPS) is 19.2. The van der Waals surface area contributed by atoms with Crippen molar-refractivity contribution in [3.05, 3.63) is 18.3 Å². The van der Waals surface area contributed by atoms with Crippen LogP contribution in [0.2, 0.25) is 0 Å². The van der Waals surface area contributed by atoms with Crippen molar-refractivity contribution in [1.82, 2.24) is 4.98 Å². The number of rotatable bonds is 5. The average Bonchev–Trinajstić information content (AvgIpc) is 2.69. The van der Waals surface area contributed by atoms with Gasteiger partial charge < -0.3 is 14.4 Å². The highest BCUT2D eigenvalue weighted by Gasteiger charge is 2.19. The largest absolute Gasteiger partial charge is 0.490 e. The number of pyridine rings is 1. The summed E-state index contributed by atoms with van der Waals surface area (Å²) >= 11 is 0. The summed E-state index contributed by atoms with van der Waals surface area (Å²) in [6, 6.07) is 3.87. The Hall–Kier alpha value is -1.73. The van der Waals surface area contributed by atoms with Crippen molar-refractivity contribution in [1.29, 1.82) is 0 Å². The molecule has 0 radical (unpaired) electrons. The number of terminal acetylenes is 1. The number of aromatic nitrogens is 1. The van der Waals surface area contributed by atoms with Gasteiger partial charge in [0.25, 0.3) is 0 Å². The first-order valence-electron chi connectivity index (χ1n) is 7.19. The van der Waals surface area contributed by atoms with E-state index < -0.39 is 0 Å². The first-order chi connectivity index (χ1) is 9.81. The molecule has 1 aromatic rings. The number of hydrogen-bond acceptors (Lipinski definition) is 4. The van der Waals surface area contributed by atoms with Crippen molar-refractivity contribution in [2.45, 2.75) is 32.3 Å². The van der Waals surface area contributed by atoms with Gasteiger partial charge in [-0.15, -0.1) is 12.3 Å². The molecule has 1 aliphatic rings.